The van der Waals surface area contributed by atoms with Crippen molar-refractivity contribution in [2.75, 3.05) is 6.61 Å². The van der Waals surface area contributed by atoms with Crippen molar-refractivity contribution < 1.29 is 19.4 Å². The number of hydrogen-bond donors (Lipinski definition) is 2. The molecule has 0 radical (unpaired) electrons. The first-order valence-corrected chi connectivity index (χ1v) is 6.85. The van der Waals surface area contributed by atoms with Gasteiger partial charge in [-0.1, -0.05) is 30.3 Å². The fourth-order valence-corrected chi connectivity index (χ4v) is 2.26. The van der Waals surface area contributed by atoms with Gasteiger partial charge < -0.3 is 15.2 Å². The standard InChI is InChI=1S/C15H19NO4/c17-14(13-8-4-5-9-20-13)16-12(15(18)19)10-11-6-2-1-3-7-11/h1-3,6-7,12-13H,4-5,8-10H2,(H,16,17)(H,18,19)/t12-,13?/m0/s1. The quantitative estimate of drug-likeness (QED) is 0.852. The summed E-state index contributed by atoms with van der Waals surface area (Å²) in [7, 11) is 0. The summed E-state index contributed by atoms with van der Waals surface area (Å²) in [4.78, 5) is 23.3. The van der Waals surface area contributed by atoms with E-state index in [9.17, 15) is 14.7 Å². The highest BCUT2D eigenvalue weighted by Crippen LogP contribution is 2.13. The van der Waals surface area contributed by atoms with Crippen molar-refractivity contribution in [3.8, 4) is 0 Å². The molecule has 0 spiro atoms. The molecule has 2 rings (SSSR count). The Balaban J connectivity index is 1.95. The third kappa shape index (κ3) is 4.06. The number of benzene rings is 1. The van der Waals surface area contributed by atoms with Crippen LogP contribution in [0.5, 0.6) is 0 Å². The molecule has 1 aromatic rings. The van der Waals surface area contributed by atoms with Crippen molar-refractivity contribution >= 4 is 11.9 Å². The molecule has 20 heavy (non-hydrogen) atoms. The molecule has 1 aromatic carbocycles. The highest BCUT2D eigenvalue weighted by molar-refractivity contribution is 5.86. The van der Waals surface area contributed by atoms with Crippen LogP contribution in [0.25, 0.3) is 0 Å². The second-order valence-electron chi connectivity index (χ2n) is 4.94. The van der Waals surface area contributed by atoms with Crippen molar-refractivity contribution in [2.45, 2.75) is 37.8 Å². The van der Waals surface area contributed by atoms with Crippen LogP contribution in [0.4, 0.5) is 0 Å². The van der Waals surface area contributed by atoms with Gasteiger partial charge in [0.05, 0.1) is 0 Å². The molecule has 1 aliphatic rings. The van der Waals surface area contributed by atoms with E-state index >= 15 is 0 Å². The summed E-state index contributed by atoms with van der Waals surface area (Å²) in [5.74, 6) is -1.36. The van der Waals surface area contributed by atoms with Crippen molar-refractivity contribution in [3.63, 3.8) is 0 Å². The van der Waals surface area contributed by atoms with E-state index in [4.69, 9.17) is 4.74 Å². The number of carbonyl (C=O) groups excluding carboxylic acids is 1. The molecule has 1 unspecified atom stereocenters. The minimum absolute atomic E-state index is 0.272. The molecule has 1 aliphatic heterocycles. The number of carboxylic acid groups (broad SMARTS) is 1. The van der Waals surface area contributed by atoms with Gasteiger partial charge >= 0.3 is 5.97 Å². The molecule has 1 saturated heterocycles. The van der Waals surface area contributed by atoms with Gasteiger partial charge in [-0.2, -0.15) is 0 Å². The second kappa shape index (κ2) is 7.05. The average Bonchev–Trinajstić information content (AvgIpc) is 2.48. The highest BCUT2D eigenvalue weighted by Gasteiger charge is 2.27. The molecule has 5 heteroatoms. The summed E-state index contributed by atoms with van der Waals surface area (Å²) in [6.45, 7) is 0.564. The minimum atomic E-state index is -1.03. The van der Waals surface area contributed by atoms with E-state index in [1.165, 1.54) is 0 Å². The van der Waals surface area contributed by atoms with Crippen molar-refractivity contribution in [1.29, 1.82) is 0 Å². The van der Waals surface area contributed by atoms with Crippen LogP contribution in [-0.4, -0.2) is 35.7 Å². The molecule has 2 atom stereocenters. The van der Waals surface area contributed by atoms with E-state index in [0.29, 0.717) is 13.0 Å². The molecule has 2 N–H and O–H groups in total. The van der Waals surface area contributed by atoms with Crippen LogP contribution in [0.1, 0.15) is 24.8 Å². The van der Waals surface area contributed by atoms with Gasteiger partial charge in [-0.05, 0) is 24.8 Å². The number of rotatable bonds is 5. The molecule has 1 amide bonds. The van der Waals surface area contributed by atoms with Crippen molar-refractivity contribution in [2.24, 2.45) is 0 Å². The van der Waals surface area contributed by atoms with Gasteiger partial charge in [0.2, 0.25) is 5.91 Å². The van der Waals surface area contributed by atoms with Crippen molar-refractivity contribution in [3.05, 3.63) is 35.9 Å². The van der Waals surface area contributed by atoms with Gasteiger partial charge in [0.1, 0.15) is 12.1 Å². The lowest BCUT2D eigenvalue weighted by molar-refractivity contribution is -0.145. The summed E-state index contributed by atoms with van der Waals surface area (Å²) in [5, 5.41) is 11.8. The van der Waals surface area contributed by atoms with Crippen LogP contribution in [0.2, 0.25) is 0 Å². The van der Waals surface area contributed by atoms with Crippen LogP contribution >= 0.6 is 0 Å². The first-order valence-electron chi connectivity index (χ1n) is 6.85. The molecule has 1 fully saturated rings. The zero-order chi connectivity index (χ0) is 14.4. The van der Waals surface area contributed by atoms with Gasteiger partial charge in [0, 0.05) is 13.0 Å². The zero-order valence-electron chi connectivity index (χ0n) is 11.2. The monoisotopic (exact) mass is 277 g/mol. The van der Waals surface area contributed by atoms with Gasteiger partial charge in [0.15, 0.2) is 0 Å². The maximum atomic E-state index is 12.0. The number of carboxylic acids is 1. The van der Waals surface area contributed by atoms with Gasteiger partial charge in [0.25, 0.3) is 0 Å². The predicted molar refractivity (Wildman–Crippen MR) is 73.3 cm³/mol. The van der Waals surface area contributed by atoms with Gasteiger partial charge in [-0.15, -0.1) is 0 Å². The van der Waals surface area contributed by atoms with E-state index in [1.807, 2.05) is 30.3 Å². The van der Waals surface area contributed by atoms with Crippen LogP contribution in [0.3, 0.4) is 0 Å². The third-order valence-corrected chi connectivity index (χ3v) is 3.37. The van der Waals surface area contributed by atoms with Gasteiger partial charge in [-0.25, -0.2) is 4.79 Å². The maximum absolute atomic E-state index is 12.0. The Bertz CT molecular complexity index is 454. The SMILES string of the molecule is O=C(N[C@@H](Cc1ccccc1)C(=O)O)C1CCCCO1. The topological polar surface area (TPSA) is 75.6 Å². The number of amides is 1. The normalized spacial score (nSPS) is 20.1. The Hall–Kier alpha value is -1.88. The van der Waals surface area contributed by atoms with Crippen LogP contribution in [0, 0.1) is 0 Å². The highest BCUT2D eigenvalue weighted by atomic mass is 16.5. The number of aliphatic carboxylic acids is 1. The third-order valence-electron chi connectivity index (χ3n) is 3.37. The average molecular weight is 277 g/mol. The summed E-state index contributed by atoms with van der Waals surface area (Å²) < 4.78 is 5.37. The Morgan fingerprint density at radius 1 is 1.30 bits per heavy atom. The summed E-state index contributed by atoms with van der Waals surface area (Å²) >= 11 is 0. The minimum Gasteiger partial charge on any atom is -0.480 e. The van der Waals surface area contributed by atoms with Crippen LogP contribution in [-0.2, 0) is 20.7 Å². The first kappa shape index (κ1) is 14.5. The second-order valence-corrected chi connectivity index (χ2v) is 4.94. The Labute approximate surface area is 117 Å². The Morgan fingerprint density at radius 3 is 2.65 bits per heavy atom. The number of ether oxygens (including phenoxy) is 1. The van der Waals surface area contributed by atoms with E-state index in [1.54, 1.807) is 0 Å². The van der Waals surface area contributed by atoms with Crippen molar-refractivity contribution in [1.82, 2.24) is 5.32 Å². The lowest BCUT2D eigenvalue weighted by atomic mass is 10.0. The first-order chi connectivity index (χ1) is 9.66. The smallest absolute Gasteiger partial charge is 0.326 e. The molecule has 0 saturated carbocycles. The molecule has 1 heterocycles. The fraction of sp³-hybridized carbons (Fsp3) is 0.467. The van der Waals surface area contributed by atoms with Crippen LogP contribution < -0.4 is 5.32 Å². The number of carbonyl (C=O) groups is 2. The molecule has 0 bridgehead atoms. The number of nitrogens with one attached hydrogen (secondary N) is 1. The molecule has 108 valence electrons. The maximum Gasteiger partial charge on any atom is 0.326 e. The molecular weight excluding hydrogens is 258 g/mol. The summed E-state index contributed by atoms with van der Waals surface area (Å²) in [5.41, 5.74) is 0.879. The van der Waals surface area contributed by atoms with E-state index < -0.39 is 18.1 Å². The Morgan fingerprint density at radius 2 is 2.05 bits per heavy atom. The van der Waals surface area contributed by atoms with E-state index in [-0.39, 0.29) is 12.3 Å². The summed E-state index contributed by atoms with van der Waals surface area (Å²) in [6, 6.07) is 8.34. The summed E-state index contributed by atoms with van der Waals surface area (Å²) in [6.07, 6.45) is 2.31. The lowest BCUT2D eigenvalue weighted by Crippen LogP contribution is -2.48. The number of hydrogen-bond acceptors (Lipinski definition) is 3. The lowest BCUT2D eigenvalue weighted by Gasteiger charge is -2.23. The van der Waals surface area contributed by atoms with E-state index in [0.717, 1.165) is 18.4 Å². The molecule has 5 nitrogen and oxygen atoms in total. The predicted octanol–water partition coefficient (Wildman–Crippen LogP) is 1.37. The largest absolute Gasteiger partial charge is 0.480 e. The van der Waals surface area contributed by atoms with Crippen LogP contribution in [0.15, 0.2) is 30.3 Å². The fourth-order valence-electron chi connectivity index (χ4n) is 2.26. The molecular formula is C15H19NO4. The van der Waals surface area contributed by atoms with E-state index in [2.05, 4.69) is 5.32 Å². The molecule has 0 aliphatic carbocycles. The van der Waals surface area contributed by atoms with Gasteiger partial charge in [-0.3, -0.25) is 4.79 Å². The molecule has 0 aromatic heterocycles. The Kier molecular flexibility index (Phi) is 5.12. The zero-order valence-corrected chi connectivity index (χ0v) is 11.2.